The lowest BCUT2D eigenvalue weighted by atomic mass is 10.1. The van der Waals surface area contributed by atoms with Crippen LogP contribution in [-0.2, 0) is 6.42 Å². The van der Waals surface area contributed by atoms with Crippen molar-refractivity contribution in [2.75, 3.05) is 0 Å². The van der Waals surface area contributed by atoms with Crippen LogP contribution in [0.2, 0.25) is 0 Å². The number of hydrogen-bond acceptors (Lipinski definition) is 1. The Kier molecular flexibility index (Phi) is 2.26. The van der Waals surface area contributed by atoms with Crippen molar-refractivity contribution in [1.82, 2.24) is 4.98 Å². The zero-order valence-corrected chi connectivity index (χ0v) is 8.73. The summed E-state index contributed by atoms with van der Waals surface area (Å²) in [6, 6.07) is 4.88. The highest BCUT2D eigenvalue weighted by molar-refractivity contribution is 9.10. The number of aromatic amines is 1. The van der Waals surface area contributed by atoms with E-state index in [1.807, 2.05) is 6.07 Å². The van der Waals surface area contributed by atoms with Crippen molar-refractivity contribution in [2.24, 2.45) is 0 Å². The van der Waals surface area contributed by atoms with Gasteiger partial charge in [-0.25, -0.2) is 4.39 Å². The van der Waals surface area contributed by atoms with E-state index in [9.17, 15) is 4.39 Å². The maximum Gasteiger partial charge on any atom is 0.125 e. The summed E-state index contributed by atoms with van der Waals surface area (Å²) in [6.45, 7) is 0. The van der Waals surface area contributed by atoms with Crippen LogP contribution in [0.5, 0.6) is 0 Å². The van der Waals surface area contributed by atoms with Gasteiger partial charge in [0.2, 0.25) is 0 Å². The maximum absolute atomic E-state index is 13.1. The molecule has 0 aliphatic rings. The van der Waals surface area contributed by atoms with Crippen LogP contribution in [0.25, 0.3) is 10.9 Å². The van der Waals surface area contributed by atoms with Gasteiger partial charge in [-0.3, -0.25) is 0 Å². The van der Waals surface area contributed by atoms with Gasteiger partial charge in [0, 0.05) is 16.1 Å². The first kappa shape index (κ1) is 9.22. The second-order valence-electron chi connectivity index (χ2n) is 2.96. The van der Waals surface area contributed by atoms with Gasteiger partial charge in [-0.15, -0.1) is 0 Å². The van der Waals surface area contributed by atoms with Crippen molar-refractivity contribution in [2.45, 2.75) is 6.42 Å². The first-order valence-electron chi connectivity index (χ1n) is 4.04. The maximum atomic E-state index is 13.1. The molecule has 0 aliphatic carbocycles. The largest absolute Gasteiger partial charge is 0.360 e. The molecule has 0 radical (unpaired) electrons. The normalized spacial score (nSPS) is 10.4. The molecule has 1 heterocycles. The molecule has 2 rings (SSSR count). The fourth-order valence-corrected chi connectivity index (χ4v) is 1.99. The Morgan fingerprint density at radius 1 is 1.50 bits per heavy atom. The first-order valence-corrected chi connectivity index (χ1v) is 4.83. The zero-order chi connectivity index (χ0) is 10.1. The smallest absolute Gasteiger partial charge is 0.125 e. The van der Waals surface area contributed by atoms with Crippen molar-refractivity contribution in [3.05, 3.63) is 34.2 Å². The Hall–Kier alpha value is -1.34. The van der Waals surface area contributed by atoms with E-state index in [2.05, 4.69) is 20.9 Å². The molecular weight excluding hydrogens is 247 g/mol. The van der Waals surface area contributed by atoms with Gasteiger partial charge < -0.3 is 4.98 Å². The molecule has 1 aromatic heterocycles. The summed E-state index contributed by atoms with van der Waals surface area (Å²) in [5.74, 6) is -0.303. The molecule has 0 bridgehead atoms. The molecule has 4 heteroatoms. The van der Waals surface area contributed by atoms with Crippen LogP contribution in [0.4, 0.5) is 4.39 Å². The van der Waals surface area contributed by atoms with Crippen LogP contribution >= 0.6 is 15.9 Å². The molecule has 0 aliphatic heterocycles. The molecular formula is C10H6BrFN2. The van der Waals surface area contributed by atoms with Crippen LogP contribution in [0.3, 0.4) is 0 Å². The third-order valence-electron chi connectivity index (χ3n) is 2.06. The number of nitrogens with zero attached hydrogens (tertiary/aromatic N) is 1. The summed E-state index contributed by atoms with van der Waals surface area (Å²) in [4.78, 5) is 3.00. The van der Waals surface area contributed by atoms with E-state index in [1.54, 1.807) is 6.20 Å². The lowest BCUT2D eigenvalue weighted by molar-refractivity contribution is 0.629. The number of benzene rings is 1. The Balaban J connectivity index is 2.73. The number of halogens is 2. The highest BCUT2D eigenvalue weighted by atomic mass is 79.9. The molecule has 1 N–H and O–H groups in total. The van der Waals surface area contributed by atoms with Crippen LogP contribution in [0.15, 0.2) is 22.8 Å². The summed E-state index contributed by atoms with van der Waals surface area (Å²) in [6.07, 6.45) is 2.02. The zero-order valence-electron chi connectivity index (χ0n) is 7.14. The van der Waals surface area contributed by atoms with Gasteiger partial charge in [0.1, 0.15) is 5.82 Å². The van der Waals surface area contributed by atoms with Gasteiger partial charge in [-0.2, -0.15) is 5.26 Å². The van der Waals surface area contributed by atoms with Crippen LogP contribution in [0.1, 0.15) is 5.56 Å². The standard InChI is InChI=1S/C10H6BrFN2/c11-9-4-7(12)3-8-6(1-2-13)5-14-10(8)9/h3-5,14H,1H2. The van der Waals surface area contributed by atoms with Crippen LogP contribution in [-0.4, -0.2) is 4.98 Å². The predicted octanol–water partition coefficient (Wildman–Crippen LogP) is 3.14. The number of aromatic nitrogens is 1. The molecule has 0 saturated carbocycles. The monoisotopic (exact) mass is 252 g/mol. The van der Waals surface area contributed by atoms with Crippen molar-refractivity contribution in [1.29, 1.82) is 5.26 Å². The Morgan fingerprint density at radius 2 is 2.29 bits per heavy atom. The molecule has 0 amide bonds. The minimum atomic E-state index is -0.303. The summed E-state index contributed by atoms with van der Waals surface area (Å²) in [5, 5.41) is 9.33. The molecule has 2 nitrogen and oxygen atoms in total. The molecule has 0 unspecified atom stereocenters. The van der Waals surface area contributed by atoms with Crippen molar-refractivity contribution < 1.29 is 4.39 Å². The molecule has 0 saturated heterocycles. The molecule has 0 spiro atoms. The van der Waals surface area contributed by atoms with Gasteiger partial charge in [0.05, 0.1) is 18.0 Å². The van der Waals surface area contributed by atoms with Crippen LogP contribution in [0, 0.1) is 17.1 Å². The number of fused-ring (bicyclic) bond motifs is 1. The van der Waals surface area contributed by atoms with E-state index >= 15 is 0 Å². The van der Waals surface area contributed by atoms with E-state index < -0.39 is 0 Å². The number of nitrogens with one attached hydrogen (secondary N) is 1. The van der Waals surface area contributed by atoms with Gasteiger partial charge in [0.15, 0.2) is 0 Å². The lowest BCUT2D eigenvalue weighted by Gasteiger charge is -1.96. The SMILES string of the molecule is N#CCc1c[nH]c2c(Br)cc(F)cc12. The molecule has 2 aromatic rings. The minimum Gasteiger partial charge on any atom is -0.360 e. The molecule has 1 aromatic carbocycles. The van der Waals surface area contributed by atoms with E-state index in [4.69, 9.17) is 5.26 Å². The summed E-state index contributed by atoms with van der Waals surface area (Å²) in [7, 11) is 0. The lowest BCUT2D eigenvalue weighted by Crippen LogP contribution is -1.80. The fraction of sp³-hybridized carbons (Fsp3) is 0.100. The van der Waals surface area contributed by atoms with Gasteiger partial charge in [0.25, 0.3) is 0 Å². The average molecular weight is 253 g/mol. The van der Waals surface area contributed by atoms with E-state index in [-0.39, 0.29) is 12.2 Å². The molecule has 0 atom stereocenters. The van der Waals surface area contributed by atoms with E-state index in [0.717, 1.165) is 16.5 Å². The van der Waals surface area contributed by atoms with Crippen LogP contribution < -0.4 is 0 Å². The Labute approximate surface area is 88.5 Å². The van der Waals surface area contributed by atoms with Gasteiger partial charge in [-0.1, -0.05) is 0 Å². The second-order valence-corrected chi connectivity index (χ2v) is 3.81. The van der Waals surface area contributed by atoms with Gasteiger partial charge in [-0.05, 0) is 33.6 Å². The number of H-pyrrole nitrogens is 1. The number of rotatable bonds is 1. The highest BCUT2D eigenvalue weighted by Crippen LogP contribution is 2.27. The fourth-order valence-electron chi connectivity index (χ4n) is 1.44. The van der Waals surface area contributed by atoms with Crippen molar-refractivity contribution >= 4 is 26.8 Å². The molecule has 0 fully saturated rings. The minimum absolute atomic E-state index is 0.288. The Bertz CT molecular complexity index is 525. The number of nitriles is 1. The third-order valence-corrected chi connectivity index (χ3v) is 2.69. The van der Waals surface area contributed by atoms with Crippen molar-refractivity contribution in [3.63, 3.8) is 0 Å². The van der Waals surface area contributed by atoms with E-state index in [1.165, 1.54) is 12.1 Å². The third kappa shape index (κ3) is 1.40. The number of hydrogen-bond donors (Lipinski definition) is 1. The average Bonchev–Trinajstić information content (AvgIpc) is 2.49. The summed E-state index contributed by atoms with van der Waals surface area (Å²) in [5.41, 5.74) is 1.65. The quantitative estimate of drug-likeness (QED) is 0.833. The topological polar surface area (TPSA) is 39.6 Å². The second kappa shape index (κ2) is 3.43. The van der Waals surface area contributed by atoms with E-state index in [0.29, 0.717) is 4.47 Å². The van der Waals surface area contributed by atoms with Crippen molar-refractivity contribution in [3.8, 4) is 6.07 Å². The Morgan fingerprint density at radius 3 is 3.00 bits per heavy atom. The summed E-state index contributed by atoms with van der Waals surface area (Å²) >= 11 is 3.26. The predicted molar refractivity (Wildman–Crippen MR) is 55.3 cm³/mol. The van der Waals surface area contributed by atoms with Gasteiger partial charge >= 0.3 is 0 Å². The summed E-state index contributed by atoms with van der Waals surface area (Å²) < 4.78 is 13.7. The highest BCUT2D eigenvalue weighted by Gasteiger charge is 2.07. The molecule has 70 valence electrons. The molecule has 14 heavy (non-hydrogen) atoms. The first-order chi connectivity index (χ1) is 6.72.